The molecule has 1 aromatic carbocycles. The van der Waals surface area contributed by atoms with Gasteiger partial charge in [0.15, 0.2) is 36.5 Å². The van der Waals surface area contributed by atoms with Crippen LogP contribution in [0.3, 0.4) is 0 Å². The third-order valence-electron chi connectivity index (χ3n) is 8.84. The topological polar surface area (TPSA) is 118 Å². The lowest BCUT2D eigenvalue weighted by molar-refractivity contribution is -0.746. The van der Waals surface area contributed by atoms with Crippen LogP contribution < -0.4 is 4.57 Å². The van der Waals surface area contributed by atoms with Gasteiger partial charge in [-0.2, -0.15) is 0 Å². The van der Waals surface area contributed by atoms with Gasteiger partial charge in [-0.25, -0.2) is 9.55 Å². The summed E-state index contributed by atoms with van der Waals surface area (Å²) in [5.41, 5.74) is 2.78. The number of hydrogen-bond donors (Lipinski definition) is 1. The monoisotopic (exact) mass is 579 g/mol. The maximum absolute atomic E-state index is 13.6. The van der Waals surface area contributed by atoms with Gasteiger partial charge in [0.05, 0.1) is 19.1 Å². The average molecular weight is 580 g/mol. The standard InChI is InChI=1S/C31H39N4O7/c36-27(20-9-2-1-3-10-20)21-11-8-14-34-19-35(30-26(34)25(21)32-18-33-30)31-28(37)29(42-24-13-5-7-16-39-24)22(41-31)17-40-23-12-4-6-15-38-23/h1-3,9-10,18-19,21-24,28-29,31,37H,4-8,11-17H2/q+1/t21?,22-,23?,24?,28+,29-,31-/m1/s1. The number of aromatic nitrogens is 4. The van der Waals surface area contributed by atoms with E-state index in [2.05, 4.69) is 14.5 Å². The minimum absolute atomic E-state index is 0.0528. The fraction of sp³-hybridized carbons (Fsp3) is 0.613. The van der Waals surface area contributed by atoms with E-state index < -0.39 is 30.8 Å². The summed E-state index contributed by atoms with van der Waals surface area (Å²) in [6.45, 7) is 2.25. The number of ether oxygens (including phenoxy) is 5. The summed E-state index contributed by atoms with van der Waals surface area (Å²) in [7, 11) is 0. The van der Waals surface area contributed by atoms with Crippen molar-refractivity contribution in [3.63, 3.8) is 0 Å². The zero-order valence-electron chi connectivity index (χ0n) is 23.8. The number of carbonyl (C=O) groups excluding carboxylic acids is 1. The van der Waals surface area contributed by atoms with Crippen LogP contribution in [0.1, 0.15) is 79.6 Å². The highest BCUT2D eigenvalue weighted by Crippen LogP contribution is 2.35. The number of hydrogen-bond acceptors (Lipinski definition) is 9. The predicted molar refractivity (Wildman–Crippen MR) is 148 cm³/mol. The van der Waals surface area contributed by atoms with Crippen molar-refractivity contribution in [2.75, 3.05) is 19.8 Å². The second kappa shape index (κ2) is 12.4. The second-order valence-corrected chi connectivity index (χ2v) is 11.7. The first kappa shape index (κ1) is 28.0. The summed E-state index contributed by atoms with van der Waals surface area (Å²) < 4.78 is 34.5. The maximum atomic E-state index is 13.6. The minimum atomic E-state index is -0.997. The largest absolute Gasteiger partial charge is 0.384 e. The molecule has 3 saturated heterocycles. The van der Waals surface area contributed by atoms with E-state index in [0.29, 0.717) is 43.1 Å². The van der Waals surface area contributed by atoms with Crippen molar-refractivity contribution in [1.82, 2.24) is 14.5 Å². The van der Waals surface area contributed by atoms with Crippen molar-refractivity contribution < 1.29 is 38.2 Å². The summed E-state index contributed by atoms with van der Waals surface area (Å²) in [6.07, 6.45) is 7.00. The van der Waals surface area contributed by atoms with Gasteiger partial charge in [-0.15, -0.1) is 0 Å². The summed E-state index contributed by atoms with van der Waals surface area (Å²) >= 11 is 0. The number of aliphatic hydroxyl groups is 1. The van der Waals surface area contributed by atoms with Gasteiger partial charge in [0, 0.05) is 18.8 Å². The third-order valence-corrected chi connectivity index (χ3v) is 8.84. The van der Waals surface area contributed by atoms with Crippen LogP contribution in [0.5, 0.6) is 0 Å². The fourth-order valence-corrected chi connectivity index (χ4v) is 6.67. The number of nitrogens with zero attached hydrogens (tertiary/aromatic N) is 4. The number of rotatable bonds is 8. The van der Waals surface area contributed by atoms with Crippen molar-refractivity contribution in [3.05, 3.63) is 54.2 Å². The molecule has 7 rings (SSSR count). The van der Waals surface area contributed by atoms with E-state index in [4.69, 9.17) is 23.7 Å². The lowest BCUT2D eigenvalue weighted by Gasteiger charge is -2.30. The summed E-state index contributed by atoms with van der Waals surface area (Å²) in [5, 5.41) is 11.7. The molecule has 0 aliphatic carbocycles. The molecule has 11 heteroatoms. The molecular formula is C31H39N4O7+. The maximum Gasteiger partial charge on any atom is 0.307 e. The van der Waals surface area contributed by atoms with Gasteiger partial charge in [-0.1, -0.05) is 35.3 Å². The Bertz CT molecular complexity index is 1370. The van der Waals surface area contributed by atoms with Gasteiger partial charge < -0.3 is 28.8 Å². The molecule has 3 aromatic rings. The van der Waals surface area contributed by atoms with Crippen LogP contribution in [-0.2, 0) is 30.2 Å². The number of imidazole rings is 1. The molecule has 42 heavy (non-hydrogen) atoms. The van der Waals surface area contributed by atoms with Crippen molar-refractivity contribution in [2.45, 2.75) is 101 Å². The van der Waals surface area contributed by atoms with E-state index in [1.165, 1.54) is 6.33 Å². The predicted octanol–water partition coefficient (Wildman–Crippen LogP) is 3.19. The zero-order chi connectivity index (χ0) is 28.5. The van der Waals surface area contributed by atoms with E-state index in [0.717, 1.165) is 50.5 Å². The van der Waals surface area contributed by atoms with Crippen molar-refractivity contribution in [3.8, 4) is 0 Å². The van der Waals surface area contributed by atoms with Crippen LogP contribution in [0.15, 0.2) is 43.0 Å². The summed E-state index contributed by atoms with van der Waals surface area (Å²) in [5.74, 6) is -0.329. The molecule has 3 fully saturated rings. The lowest BCUT2D eigenvalue weighted by Crippen LogP contribution is -2.47. The molecule has 3 unspecified atom stereocenters. The molecule has 1 N–H and O–H groups in total. The van der Waals surface area contributed by atoms with Gasteiger partial charge >= 0.3 is 5.65 Å². The molecular weight excluding hydrogens is 540 g/mol. The summed E-state index contributed by atoms with van der Waals surface area (Å²) in [4.78, 5) is 22.9. The number of aryl methyl sites for hydroxylation is 1. The Kier molecular flexibility index (Phi) is 8.29. The van der Waals surface area contributed by atoms with E-state index in [-0.39, 0.29) is 24.6 Å². The Morgan fingerprint density at radius 2 is 1.79 bits per heavy atom. The highest BCUT2D eigenvalue weighted by molar-refractivity contribution is 6.02. The Balaban J connectivity index is 1.19. The van der Waals surface area contributed by atoms with Crippen LogP contribution in [0.25, 0.3) is 11.2 Å². The fourth-order valence-electron chi connectivity index (χ4n) is 6.67. The van der Waals surface area contributed by atoms with Gasteiger partial charge in [-0.05, 0) is 51.4 Å². The molecule has 2 aromatic heterocycles. The van der Waals surface area contributed by atoms with Gasteiger partial charge in [-0.3, -0.25) is 9.36 Å². The van der Waals surface area contributed by atoms with Gasteiger partial charge in [0.2, 0.25) is 6.23 Å². The number of benzene rings is 1. The van der Waals surface area contributed by atoms with Crippen LogP contribution >= 0.6 is 0 Å². The van der Waals surface area contributed by atoms with E-state index in [1.54, 1.807) is 0 Å². The first-order valence-corrected chi connectivity index (χ1v) is 15.4. The minimum Gasteiger partial charge on any atom is -0.384 e. The molecule has 0 bridgehead atoms. The molecule has 0 amide bonds. The van der Waals surface area contributed by atoms with Crippen LogP contribution in [0.4, 0.5) is 0 Å². The number of aliphatic hydroxyl groups excluding tert-OH is 1. The zero-order valence-corrected chi connectivity index (χ0v) is 23.8. The first-order chi connectivity index (χ1) is 20.7. The number of ketones is 1. The van der Waals surface area contributed by atoms with E-state index in [9.17, 15) is 9.90 Å². The normalized spacial score (nSPS) is 31.7. The molecule has 224 valence electrons. The Morgan fingerprint density at radius 3 is 2.55 bits per heavy atom. The molecule has 11 nitrogen and oxygen atoms in total. The van der Waals surface area contributed by atoms with Crippen molar-refractivity contribution >= 4 is 16.9 Å². The van der Waals surface area contributed by atoms with Gasteiger partial charge in [0.1, 0.15) is 24.0 Å². The Hall–Kier alpha value is -2.80. The van der Waals surface area contributed by atoms with Crippen LogP contribution in [-0.4, -0.2) is 76.1 Å². The molecule has 0 saturated carbocycles. The highest BCUT2D eigenvalue weighted by atomic mass is 16.7. The van der Waals surface area contributed by atoms with Gasteiger partial charge in [0.25, 0.3) is 0 Å². The van der Waals surface area contributed by atoms with E-state index in [1.807, 2.05) is 41.2 Å². The molecule has 0 spiro atoms. The van der Waals surface area contributed by atoms with Crippen molar-refractivity contribution in [2.24, 2.45) is 0 Å². The molecule has 4 aliphatic heterocycles. The smallest absolute Gasteiger partial charge is 0.307 e. The first-order valence-electron chi connectivity index (χ1n) is 15.4. The Morgan fingerprint density at radius 1 is 1.00 bits per heavy atom. The Labute approximate surface area is 244 Å². The SMILES string of the molecule is O=C(c1ccccc1)C1CCCn2c[n+]([C@@H]3O[C@H](COC4CCCCO4)[C@@H](OC4CCCCO4)[C@@H]3O)c3ncnc1c32. The quantitative estimate of drug-likeness (QED) is 0.317. The molecule has 7 atom stereocenters. The third kappa shape index (κ3) is 5.49. The lowest BCUT2D eigenvalue weighted by atomic mass is 9.90. The second-order valence-electron chi connectivity index (χ2n) is 11.7. The molecule has 6 heterocycles. The summed E-state index contributed by atoms with van der Waals surface area (Å²) in [6, 6.07) is 9.37. The number of Topliss-reactive ketones (excluding diaryl/α,β-unsaturated/α-hetero) is 1. The molecule has 4 aliphatic rings. The molecule has 0 radical (unpaired) electrons. The highest BCUT2D eigenvalue weighted by Gasteiger charge is 2.50. The van der Waals surface area contributed by atoms with E-state index >= 15 is 0 Å². The number of carbonyl (C=O) groups is 1. The van der Waals surface area contributed by atoms with Crippen LogP contribution in [0.2, 0.25) is 0 Å². The van der Waals surface area contributed by atoms with Crippen LogP contribution in [0, 0.1) is 0 Å². The van der Waals surface area contributed by atoms with Crippen molar-refractivity contribution in [1.29, 1.82) is 0 Å². The average Bonchev–Trinajstić information content (AvgIpc) is 3.48.